The predicted octanol–water partition coefficient (Wildman–Crippen LogP) is -0.244. The Morgan fingerprint density at radius 3 is 2.34 bits per heavy atom. The zero-order valence-electron chi connectivity index (χ0n) is 31.7. The lowest BCUT2D eigenvalue weighted by atomic mass is 10.0. The van der Waals surface area contributed by atoms with Crippen molar-refractivity contribution in [1.82, 2.24) is 39.0 Å². The summed E-state index contributed by atoms with van der Waals surface area (Å²) in [6.07, 6.45) is -6.11. The van der Waals surface area contributed by atoms with Crippen LogP contribution in [0.2, 0.25) is 0 Å². The van der Waals surface area contributed by atoms with E-state index in [1.165, 1.54) is 49.8 Å². The molecule has 0 spiro atoms. The molecule has 28 heteroatoms. The first-order chi connectivity index (χ1) is 28.0. The Morgan fingerprint density at radius 2 is 1.63 bits per heavy atom. The minimum absolute atomic E-state index is 0.0165. The monoisotopic (exact) mass is 888 g/mol. The van der Waals surface area contributed by atoms with Crippen LogP contribution in [-0.2, 0) is 58.2 Å². The Kier molecular flexibility index (Phi) is 12.6. The van der Waals surface area contributed by atoms with Crippen LogP contribution in [-0.4, -0.2) is 119 Å². The molecule has 0 saturated carbocycles. The maximum Gasteiger partial charge on any atom is 0.472 e. The average molecular weight is 889 g/mol. The number of aromatic nitrogens is 8. The molecule has 7 rings (SSSR count). The molecule has 0 amide bonds. The summed E-state index contributed by atoms with van der Waals surface area (Å²) < 4.78 is 68.6. The number of nitrogen functional groups attached to an aromatic ring is 2. The maximum absolute atomic E-state index is 13.6. The molecular weight excluding hydrogens is 846 g/mol. The maximum atomic E-state index is 13.6. The molecule has 13 atom stereocenters. The highest BCUT2D eigenvalue weighted by Gasteiger charge is 2.52. The molecule has 0 radical (unpaired) electrons. The van der Waals surface area contributed by atoms with Crippen LogP contribution < -0.4 is 28.4 Å². The number of imidazole rings is 1. The second kappa shape index (κ2) is 17.3. The summed E-state index contributed by atoms with van der Waals surface area (Å²) in [5.41, 5.74) is 10.4. The van der Waals surface area contributed by atoms with E-state index in [-0.39, 0.29) is 41.0 Å². The van der Waals surface area contributed by atoms with Gasteiger partial charge in [-0.25, -0.2) is 29.1 Å². The zero-order valence-corrected chi connectivity index (χ0v) is 34.3. The van der Waals surface area contributed by atoms with E-state index in [9.17, 15) is 28.7 Å². The lowest BCUT2D eigenvalue weighted by Crippen LogP contribution is -2.38. The van der Waals surface area contributed by atoms with E-state index in [1.54, 1.807) is 6.92 Å². The molecule has 3 aliphatic heterocycles. The van der Waals surface area contributed by atoms with Crippen molar-refractivity contribution < 1.29 is 56.1 Å². The number of phosphoric acid groups is 1. The number of hydrogen-bond donors (Lipinski definition) is 6. The highest BCUT2D eigenvalue weighted by atomic mass is 32.5. The molecule has 3 aliphatic rings. The molecule has 0 aromatic carbocycles. The minimum Gasteiger partial charge on any atom is -0.383 e. The van der Waals surface area contributed by atoms with Gasteiger partial charge in [0.15, 0.2) is 23.9 Å². The fourth-order valence-corrected chi connectivity index (χ4v) is 9.64. The number of H-pyrrole nitrogens is 2. The van der Waals surface area contributed by atoms with Crippen LogP contribution in [0.15, 0.2) is 45.4 Å². The Balaban J connectivity index is 1.08. The van der Waals surface area contributed by atoms with Gasteiger partial charge in [0.2, 0.25) is 0 Å². The molecule has 59 heavy (non-hydrogen) atoms. The van der Waals surface area contributed by atoms with E-state index in [1.807, 2.05) is 6.92 Å². The van der Waals surface area contributed by atoms with Crippen LogP contribution in [0, 0.1) is 5.92 Å². The van der Waals surface area contributed by atoms with Crippen molar-refractivity contribution in [2.45, 2.75) is 81.6 Å². The van der Waals surface area contributed by atoms with Gasteiger partial charge < -0.3 is 54.4 Å². The Labute approximate surface area is 338 Å². The Morgan fingerprint density at radius 1 is 0.915 bits per heavy atom. The van der Waals surface area contributed by atoms with Crippen molar-refractivity contribution in [1.29, 1.82) is 0 Å². The van der Waals surface area contributed by atoms with E-state index in [0.29, 0.717) is 6.42 Å². The summed E-state index contributed by atoms with van der Waals surface area (Å²) in [5, 5.41) is 0. The van der Waals surface area contributed by atoms with Crippen LogP contribution in [0.1, 0.15) is 44.5 Å². The van der Waals surface area contributed by atoms with Gasteiger partial charge in [-0.3, -0.25) is 32.5 Å². The summed E-state index contributed by atoms with van der Waals surface area (Å²) in [6.45, 7) is -1.76. The van der Waals surface area contributed by atoms with E-state index in [2.05, 4.69) is 29.9 Å². The van der Waals surface area contributed by atoms with E-state index >= 15 is 0 Å². The quantitative estimate of drug-likeness (QED) is 0.0839. The molecule has 0 bridgehead atoms. The summed E-state index contributed by atoms with van der Waals surface area (Å²) in [5.74, 6) is -0.101. The molecule has 4 unspecified atom stereocenters. The number of nitrogens with zero attached hydrogens (tertiary/aromatic N) is 6. The molecule has 322 valence electrons. The van der Waals surface area contributed by atoms with Crippen LogP contribution >= 0.6 is 14.5 Å². The molecule has 25 nitrogen and oxygen atoms in total. The second-order valence-electron chi connectivity index (χ2n) is 13.9. The summed E-state index contributed by atoms with van der Waals surface area (Å²) in [6, 6.07) is 2.60. The van der Waals surface area contributed by atoms with Crippen molar-refractivity contribution in [2.24, 2.45) is 5.92 Å². The molecule has 8 N–H and O–H groups in total. The predicted molar refractivity (Wildman–Crippen MR) is 205 cm³/mol. The fourth-order valence-electron chi connectivity index (χ4n) is 7.20. The van der Waals surface area contributed by atoms with Gasteiger partial charge in [0, 0.05) is 26.5 Å². The summed E-state index contributed by atoms with van der Waals surface area (Å²) in [4.78, 5) is 79.6. The first kappa shape index (κ1) is 43.2. The van der Waals surface area contributed by atoms with Gasteiger partial charge in [-0.05, 0) is 37.1 Å². The number of aromatic amines is 2. The number of nitrogens with one attached hydrogen (secondary N) is 2. The average Bonchev–Trinajstić information content (AvgIpc) is 3.93. The SMILES string of the molecule is COC1[C@@H](OP(=O)(O)OC[C@H]2O[C@@H](n3cnc4c(N)ncnc43)C(OC)[C@H]2OP(O)(=S)OC[C@H]2O[C@@H](c3cc(=O)[nH]c(=O)[nH]3)C[C@H]2C)[C@@H](C)O[C@H]1n1ccc(N)nc1=O. The highest BCUT2D eigenvalue weighted by molar-refractivity contribution is 8.07. The van der Waals surface area contributed by atoms with Gasteiger partial charge in [0.05, 0.1) is 43.5 Å². The fraction of sp³-hybridized carbons (Fsp3) is 0.581. The smallest absolute Gasteiger partial charge is 0.383 e. The topological polar surface area (TPSA) is 337 Å². The lowest BCUT2D eigenvalue weighted by molar-refractivity contribution is -0.0625. The number of ether oxygens (including phenoxy) is 5. The lowest BCUT2D eigenvalue weighted by Gasteiger charge is -2.28. The highest BCUT2D eigenvalue weighted by Crippen LogP contribution is 2.53. The van der Waals surface area contributed by atoms with Gasteiger partial charge in [-0.2, -0.15) is 4.98 Å². The molecule has 4 aromatic heterocycles. The van der Waals surface area contributed by atoms with Crippen molar-refractivity contribution >= 4 is 49.1 Å². The largest absolute Gasteiger partial charge is 0.472 e. The van der Waals surface area contributed by atoms with Gasteiger partial charge in [0.1, 0.15) is 48.2 Å². The second-order valence-corrected chi connectivity index (χ2v) is 18.1. The summed E-state index contributed by atoms with van der Waals surface area (Å²) in [7, 11) is -2.37. The standard InChI is InChI=1S/C31H42N10O15P2S/c1-13-7-16(15-8-20(42)39-30(43)37-15)53-17(13)9-51-58(47,59)56-23-18(54-29(25(23)49-4)41-12-36-21-26(33)34-11-35-27(21)41)10-50-57(45,46)55-22-14(2)52-28(24(22)48-3)40-6-5-19(32)38-31(40)44/h5-6,8,11-14,16-18,22-25,28-29H,7,9-10H2,1-4H3,(H,45,46)(H,47,59)(H2,32,38,44)(H2,33,34,35)(H2,37,39,42,43)/t13-,14-,16-,17-,18-,22+,23+,24?,25?,28-,29-,58?/m1/s1. The first-order valence-electron chi connectivity index (χ1n) is 17.9. The molecule has 3 fully saturated rings. The van der Waals surface area contributed by atoms with Gasteiger partial charge in [-0.15, -0.1) is 0 Å². The van der Waals surface area contributed by atoms with E-state index in [4.69, 9.17) is 65.1 Å². The summed E-state index contributed by atoms with van der Waals surface area (Å²) >= 11 is 5.43. The normalized spacial score (nSPS) is 31.7. The molecule has 0 aliphatic carbocycles. The van der Waals surface area contributed by atoms with Crippen LogP contribution in [0.3, 0.4) is 0 Å². The number of nitrogens with two attached hydrogens (primary N) is 2. The van der Waals surface area contributed by atoms with Crippen LogP contribution in [0.4, 0.5) is 11.6 Å². The number of phosphoric ester groups is 1. The zero-order chi connectivity index (χ0) is 42.4. The number of methoxy groups -OCH3 is 2. The third-order valence-electron chi connectivity index (χ3n) is 10.0. The van der Waals surface area contributed by atoms with E-state index < -0.39 is 99.4 Å². The van der Waals surface area contributed by atoms with Gasteiger partial charge >= 0.3 is 25.9 Å². The van der Waals surface area contributed by atoms with Crippen molar-refractivity contribution in [2.75, 3.05) is 38.9 Å². The minimum atomic E-state index is -5.01. The van der Waals surface area contributed by atoms with Crippen molar-refractivity contribution in [3.63, 3.8) is 0 Å². The Bertz CT molecular complexity index is 2410. The third-order valence-corrected chi connectivity index (χ3v) is 12.6. The number of hydrogen-bond acceptors (Lipinski definition) is 20. The third kappa shape index (κ3) is 9.25. The molecule has 7 heterocycles. The first-order valence-corrected chi connectivity index (χ1v) is 22.0. The Hall–Kier alpha value is -3.85. The molecule has 3 saturated heterocycles. The number of fused-ring (bicyclic) bond motifs is 1. The van der Waals surface area contributed by atoms with Crippen molar-refractivity contribution in [3.8, 4) is 0 Å². The van der Waals surface area contributed by atoms with Crippen molar-refractivity contribution in [3.05, 3.63) is 68.0 Å². The number of rotatable bonds is 15. The number of anilines is 2. The van der Waals surface area contributed by atoms with E-state index in [0.717, 1.165) is 4.57 Å². The van der Waals surface area contributed by atoms with Crippen LogP contribution in [0.25, 0.3) is 11.2 Å². The molecular formula is C31H42N10O15P2S. The van der Waals surface area contributed by atoms with Crippen LogP contribution in [0.5, 0.6) is 0 Å². The van der Waals surface area contributed by atoms with Gasteiger partial charge in [-0.1, -0.05) is 6.92 Å². The van der Waals surface area contributed by atoms with Gasteiger partial charge in [0.25, 0.3) is 5.56 Å². The molecule has 4 aromatic rings.